The molecule has 27 heavy (non-hydrogen) atoms. The molecule has 0 saturated heterocycles. The van der Waals surface area contributed by atoms with Gasteiger partial charge in [0.25, 0.3) is 0 Å². The summed E-state index contributed by atoms with van der Waals surface area (Å²) >= 11 is 1.98. The molecular weight excluding hydrogens is 346 g/mol. The summed E-state index contributed by atoms with van der Waals surface area (Å²) in [5, 5.41) is 5.72. The summed E-state index contributed by atoms with van der Waals surface area (Å²) in [6.07, 6.45) is 6.89. The topological polar surface area (TPSA) is 4.93 Å². The molecule has 0 bridgehead atoms. The Hall–Kier alpha value is -2.32. The van der Waals surface area contributed by atoms with Crippen molar-refractivity contribution in [3.05, 3.63) is 60.2 Å². The minimum absolute atomic E-state index is 0.739. The molecule has 0 N–H and O–H groups in total. The van der Waals surface area contributed by atoms with Crippen LogP contribution in [0.25, 0.3) is 42.0 Å². The molecule has 2 aromatic heterocycles. The van der Waals surface area contributed by atoms with E-state index >= 15 is 0 Å². The van der Waals surface area contributed by atoms with E-state index in [1.165, 1.54) is 74.1 Å². The Balaban J connectivity index is 1.73. The molecule has 0 amide bonds. The highest BCUT2D eigenvalue weighted by Gasteiger charge is 2.21. The first kappa shape index (κ1) is 15.7. The third-order valence-electron chi connectivity index (χ3n) is 6.61. The Kier molecular flexibility index (Phi) is 3.40. The van der Waals surface area contributed by atoms with Crippen molar-refractivity contribution in [2.75, 3.05) is 0 Å². The van der Waals surface area contributed by atoms with Crippen molar-refractivity contribution in [3.8, 4) is 0 Å². The molecule has 1 nitrogen and oxygen atoms in total. The van der Waals surface area contributed by atoms with Gasteiger partial charge in [0.05, 0.1) is 10.2 Å². The van der Waals surface area contributed by atoms with E-state index in [0.717, 1.165) is 5.92 Å². The maximum atomic E-state index is 2.40. The van der Waals surface area contributed by atoms with Crippen LogP contribution in [0.15, 0.2) is 54.6 Å². The van der Waals surface area contributed by atoms with Crippen molar-refractivity contribution in [1.29, 1.82) is 0 Å². The van der Waals surface area contributed by atoms with E-state index in [9.17, 15) is 0 Å². The molecule has 5 aromatic rings. The summed E-state index contributed by atoms with van der Waals surface area (Å²) in [6.45, 7) is 0. The number of hydrogen-bond acceptors (Lipinski definition) is 1. The number of benzene rings is 3. The van der Waals surface area contributed by atoms with Gasteiger partial charge in [0.15, 0.2) is 0 Å². The Morgan fingerprint density at radius 2 is 1.63 bits per heavy atom. The number of aryl methyl sites for hydroxylation is 1. The normalized spacial score (nSPS) is 16.2. The van der Waals surface area contributed by atoms with Gasteiger partial charge in [0.1, 0.15) is 0 Å². The van der Waals surface area contributed by atoms with Crippen LogP contribution in [0, 0.1) is 0 Å². The third kappa shape index (κ3) is 2.17. The first-order valence-electron chi connectivity index (χ1n) is 10.1. The molecule has 0 spiro atoms. The summed E-state index contributed by atoms with van der Waals surface area (Å²) in [6, 6.07) is 20.5. The molecule has 134 valence electrons. The van der Waals surface area contributed by atoms with Crippen LogP contribution in [0.3, 0.4) is 0 Å². The summed E-state index contributed by atoms with van der Waals surface area (Å²) < 4.78 is 5.29. The van der Waals surface area contributed by atoms with Crippen molar-refractivity contribution in [1.82, 2.24) is 4.57 Å². The molecule has 0 unspecified atom stereocenters. The molecule has 6 rings (SSSR count). The lowest BCUT2D eigenvalue weighted by atomic mass is 9.82. The van der Waals surface area contributed by atoms with Gasteiger partial charge in [-0.25, -0.2) is 0 Å². The highest BCUT2D eigenvalue weighted by atomic mass is 32.1. The number of thiophene rings is 1. The van der Waals surface area contributed by atoms with Gasteiger partial charge >= 0.3 is 0 Å². The van der Waals surface area contributed by atoms with Crippen LogP contribution in [0.5, 0.6) is 0 Å². The minimum atomic E-state index is 0.739. The van der Waals surface area contributed by atoms with Gasteiger partial charge < -0.3 is 4.57 Å². The van der Waals surface area contributed by atoms with Gasteiger partial charge in [-0.15, -0.1) is 11.3 Å². The minimum Gasteiger partial charge on any atom is -0.342 e. The molecule has 1 aliphatic carbocycles. The van der Waals surface area contributed by atoms with Crippen molar-refractivity contribution in [2.45, 2.75) is 38.0 Å². The molecule has 0 atom stereocenters. The highest BCUT2D eigenvalue weighted by Crippen LogP contribution is 2.45. The zero-order valence-corrected chi connectivity index (χ0v) is 16.5. The third-order valence-corrected chi connectivity index (χ3v) is 7.78. The summed E-state index contributed by atoms with van der Waals surface area (Å²) in [5.74, 6) is 0.739. The van der Waals surface area contributed by atoms with Crippen LogP contribution < -0.4 is 0 Å². The lowest BCUT2D eigenvalue weighted by molar-refractivity contribution is 0.445. The van der Waals surface area contributed by atoms with Crippen molar-refractivity contribution < 1.29 is 0 Å². The fraction of sp³-hybridized carbons (Fsp3) is 0.280. The van der Waals surface area contributed by atoms with E-state index in [1.54, 1.807) is 5.56 Å². The second-order valence-electron chi connectivity index (χ2n) is 8.07. The number of nitrogens with zero attached hydrogens (tertiary/aromatic N) is 1. The predicted octanol–water partition coefficient (Wildman–Crippen LogP) is 7.75. The van der Waals surface area contributed by atoms with Crippen LogP contribution in [-0.4, -0.2) is 4.57 Å². The Morgan fingerprint density at radius 3 is 2.52 bits per heavy atom. The van der Waals surface area contributed by atoms with E-state index < -0.39 is 0 Å². The SMILES string of the molecule is Cn1c2ccccc2c2ccc3c(sc4cccc(C5CCCCC5)c43)c21. The zero-order valence-electron chi connectivity index (χ0n) is 15.7. The lowest BCUT2D eigenvalue weighted by Crippen LogP contribution is -2.04. The van der Waals surface area contributed by atoms with Crippen molar-refractivity contribution in [2.24, 2.45) is 7.05 Å². The van der Waals surface area contributed by atoms with Crippen LogP contribution in [0.1, 0.15) is 43.6 Å². The Morgan fingerprint density at radius 1 is 0.815 bits per heavy atom. The van der Waals surface area contributed by atoms with Crippen molar-refractivity contribution in [3.63, 3.8) is 0 Å². The highest BCUT2D eigenvalue weighted by molar-refractivity contribution is 7.26. The molecule has 3 aromatic carbocycles. The maximum absolute atomic E-state index is 2.40. The summed E-state index contributed by atoms with van der Waals surface area (Å²) in [7, 11) is 2.22. The van der Waals surface area contributed by atoms with Gasteiger partial charge in [-0.2, -0.15) is 0 Å². The predicted molar refractivity (Wildman–Crippen MR) is 119 cm³/mol. The fourth-order valence-corrected chi connectivity index (χ4v) is 6.64. The molecule has 1 fully saturated rings. The number of aromatic nitrogens is 1. The summed E-state index contributed by atoms with van der Waals surface area (Å²) in [5.41, 5.74) is 4.31. The van der Waals surface area contributed by atoms with Crippen LogP contribution >= 0.6 is 11.3 Å². The molecule has 1 saturated carbocycles. The quantitative estimate of drug-likeness (QED) is 0.285. The van der Waals surface area contributed by atoms with E-state index in [1.807, 2.05) is 11.3 Å². The van der Waals surface area contributed by atoms with Crippen LogP contribution in [0.2, 0.25) is 0 Å². The first-order chi connectivity index (χ1) is 13.3. The van der Waals surface area contributed by atoms with E-state index in [2.05, 4.69) is 66.2 Å². The van der Waals surface area contributed by atoms with Crippen molar-refractivity contribution >= 4 is 53.3 Å². The molecule has 2 heteroatoms. The maximum Gasteiger partial charge on any atom is 0.0670 e. The number of rotatable bonds is 1. The Labute approximate surface area is 163 Å². The average Bonchev–Trinajstić information content (AvgIpc) is 3.25. The second-order valence-corrected chi connectivity index (χ2v) is 9.12. The van der Waals surface area contributed by atoms with Gasteiger partial charge in [0, 0.05) is 38.8 Å². The van der Waals surface area contributed by atoms with E-state index in [-0.39, 0.29) is 0 Å². The lowest BCUT2D eigenvalue weighted by Gasteiger charge is -2.22. The average molecular weight is 370 g/mol. The molecule has 0 aliphatic heterocycles. The molecule has 2 heterocycles. The van der Waals surface area contributed by atoms with E-state index in [4.69, 9.17) is 0 Å². The standard InChI is InChI=1S/C25H23NS/c1-26-21-12-6-5-10-18(21)19-14-15-20-23-17(16-8-3-2-4-9-16)11-7-13-22(23)27-25(20)24(19)26/h5-7,10-16H,2-4,8-9H2,1H3. The van der Waals surface area contributed by atoms with Gasteiger partial charge in [0.2, 0.25) is 0 Å². The van der Waals surface area contributed by atoms with E-state index in [0.29, 0.717) is 0 Å². The second kappa shape index (κ2) is 5.84. The molecule has 1 aliphatic rings. The zero-order chi connectivity index (χ0) is 18.0. The van der Waals surface area contributed by atoms with Crippen LogP contribution in [0.4, 0.5) is 0 Å². The number of fused-ring (bicyclic) bond motifs is 7. The van der Waals surface area contributed by atoms with Crippen LogP contribution in [-0.2, 0) is 7.05 Å². The first-order valence-corrected chi connectivity index (χ1v) is 11.0. The van der Waals surface area contributed by atoms with Gasteiger partial charge in [-0.05, 0) is 36.5 Å². The fourth-order valence-electron chi connectivity index (χ4n) is 5.32. The monoisotopic (exact) mass is 369 g/mol. The molecule has 0 radical (unpaired) electrons. The largest absolute Gasteiger partial charge is 0.342 e. The number of para-hydroxylation sites is 1. The van der Waals surface area contributed by atoms with Gasteiger partial charge in [-0.1, -0.05) is 61.7 Å². The van der Waals surface area contributed by atoms with Gasteiger partial charge in [-0.3, -0.25) is 0 Å². The summed E-state index contributed by atoms with van der Waals surface area (Å²) in [4.78, 5) is 0. The Bertz CT molecular complexity index is 1310. The molecular formula is C25H23NS. The smallest absolute Gasteiger partial charge is 0.0670 e. The number of hydrogen-bond donors (Lipinski definition) is 0.